The summed E-state index contributed by atoms with van der Waals surface area (Å²) in [5, 5.41) is 8.42. The Kier molecular flexibility index (Phi) is 5.13. The molecular weight excluding hydrogens is 421 g/mol. The highest BCUT2D eigenvalue weighted by Crippen LogP contribution is 2.40. The molecule has 8 nitrogen and oxygen atoms in total. The van der Waals surface area contributed by atoms with Crippen LogP contribution in [0, 0.1) is 24.6 Å². The zero-order chi connectivity index (χ0) is 21.5. The maximum atomic E-state index is 13.7. The van der Waals surface area contributed by atoms with Crippen molar-refractivity contribution in [3.05, 3.63) is 47.1 Å². The predicted molar refractivity (Wildman–Crippen MR) is 115 cm³/mol. The van der Waals surface area contributed by atoms with Crippen LogP contribution in [0.1, 0.15) is 18.4 Å². The number of hydrogen-bond donors (Lipinski definition) is 1. The fourth-order valence-corrected chi connectivity index (χ4v) is 4.82. The molecule has 2 aliphatic rings. The normalized spacial score (nSPS) is 22.6. The largest absolute Gasteiger partial charge is 0.424 e. The van der Waals surface area contributed by atoms with Gasteiger partial charge in [-0.1, -0.05) is 11.6 Å². The molecule has 0 amide bonds. The standard InChI is InChI=1S/C21H23ClFN7O/c1-12-5-15(23)7-16(6-12)31-21-27-20(28-29(21)2)26-19-13-3-4-14(19)10-30(9-13)18-8-17(22)24-11-25-18/h5-8,11,13-14,19H,3-4,9-10H2,1-2H3,(H,26,28)/t13-,14+,19+. The van der Waals surface area contributed by atoms with Gasteiger partial charge in [0.25, 0.3) is 0 Å². The second-order valence-corrected chi connectivity index (χ2v) is 8.67. The molecule has 5 rings (SSSR count). The predicted octanol–water partition coefficient (Wildman–Crippen LogP) is 3.83. The van der Waals surface area contributed by atoms with Gasteiger partial charge in [-0.25, -0.2) is 19.0 Å². The Hall–Kier alpha value is -2.94. The van der Waals surface area contributed by atoms with E-state index < -0.39 is 0 Å². The number of benzene rings is 1. The van der Waals surface area contributed by atoms with E-state index >= 15 is 0 Å². The number of nitrogens with one attached hydrogen (secondary N) is 1. The van der Waals surface area contributed by atoms with Crippen molar-refractivity contribution in [1.29, 1.82) is 0 Å². The number of hydrogen-bond acceptors (Lipinski definition) is 7. The molecule has 3 aromatic rings. The smallest absolute Gasteiger partial charge is 0.321 e. The van der Waals surface area contributed by atoms with Crippen molar-refractivity contribution < 1.29 is 9.13 Å². The van der Waals surface area contributed by atoms with Crippen LogP contribution in [-0.2, 0) is 7.05 Å². The number of aryl methyl sites for hydroxylation is 2. The van der Waals surface area contributed by atoms with Gasteiger partial charge in [-0.3, -0.25) is 0 Å². The molecule has 1 aromatic carbocycles. The first kappa shape index (κ1) is 20.0. The van der Waals surface area contributed by atoms with Gasteiger partial charge in [-0.2, -0.15) is 4.98 Å². The molecule has 0 radical (unpaired) electrons. The summed E-state index contributed by atoms with van der Waals surface area (Å²) < 4.78 is 21.0. The Balaban J connectivity index is 1.28. The van der Waals surface area contributed by atoms with Crippen LogP contribution in [0.5, 0.6) is 11.8 Å². The molecule has 0 unspecified atom stereocenters. The van der Waals surface area contributed by atoms with Crippen LogP contribution in [0.25, 0.3) is 0 Å². The monoisotopic (exact) mass is 443 g/mol. The van der Waals surface area contributed by atoms with E-state index in [1.807, 2.05) is 13.0 Å². The molecule has 31 heavy (non-hydrogen) atoms. The van der Waals surface area contributed by atoms with E-state index in [2.05, 4.69) is 30.3 Å². The third-order valence-electron chi connectivity index (χ3n) is 6.02. The summed E-state index contributed by atoms with van der Waals surface area (Å²) in [6, 6.07) is 6.96. The molecule has 1 aliphatic heterocycles. The van der Waals surface area contributed by atoms with Crippen LogP contribution < -0.4 is 15.0 Å². The van der Waals surface area contributed by atoms with Gasteiger partial charge in [0.1, 0.15) is 28.9 Å². The minimum atomic E-state index is -0.344. The molecule has 1 aliphatic carbocycles. The first-order valence-electron chi connectivity index (χ1n) is 10.3. The quantitative estimate of drug-likeness (QED) is 0.600. The van der Waals surface area contributed by atoms with Gasteiger partial charge in [0.15, 0.2) is 0 Å². The number of halogens is 2. The molecule has 162 valence electrons. The summed E-state index contributed by atoms with van der Waals surface area (Å²) in [4.78, 5) is 15.1. The number of nitrogens with zero attached hydrogens (tertiary/aromatic N) is 6. The number of aromatic nitrogens is 5. The minimum Gasteiger partial charge on any atom is -0.424 e. The summed E-state index contributed by atoms with van der Waals surface area (Å²) in [5.74, 6) is 2.34. The highest BCUT2D eigenvalue weighted by molar-refractivity contribution is 6.29. The van der Waals surface area contributed by atoms with E-state index in [1.165, 1.54) is 18.5 Å². The van der Waals surface area contributed by atoms with Gasteiger partial charge >= 0.3 is 6.01 Å². The SMILES string of the molecule is Cc1cc(F)cc(Oc2nc(N[C@H]3[C@@H]4CC[C@H]3CN(c3cc(Cl)ncn3)C4)nn2C)c1. The van der Waals surface area contributed by atoms with E-state index in [4.69, 9.17) is 16.3 Å². The lowest BCUT2D eigenvalue weighted by Gasteiger charge is -2.38. The van der Waals surface area contributed by atoms with Crippen LogP contribution >= 0.6 is 11.6 Å². The van der Waals surface area contributed by atoms with Crippen molar-refractivity contribution in [3.8, 4) is 11.8 Å². The van der Waals surface area contributed by atoms with Crippen LogP contribution in [-0.4, -0.2) is 43.9 Å². The number of ether oxygens (including phenoxy) is 1. The van der Waals surface area contributed by atoms with E-state index in [9.17, 15) is 4.39 Å². The highest BCUT2D eigenvalue weighted by atomic mass is 35.5. The Labute approximate surface area is 184 Å². The van der Waals surface area contributed by atoms with Gasteiger partial charge in [-0.05, 0) is 49.3 Å². The van der Waals surface area contributed by atoms with Crippen molar-refractivity contribution in [2.75, 3.05) is 23.3 Å². The fraction of sp³-hybridized carbons (Fsp3) is 0.429. The number of anilines is 2. The molecule has 2 fully saturated rings. The number of fused-ring (bicyclic) bond motifs is 2. The molecule has 1 saturated heterocycles. The number of rotatable bonds is 5. The highest BCUT2D eigenvalue weighted by Gasteiger charge is 2.43. The molecule has 10 heteroatoms. The maximum absolute atomic E-state index is 13.7. The van der Waals surface area contributed by atoms with Gasteiger partial charge in [0.2, 0.25) is 5.95 Å². The molecule has 1 N–H and O–H groups in total. The summed E-state index contributed by atoms with van der Waals surface area (Å²) in [5.41, 5.74) is 0.781. The lowest BCUT2D eigenvalue weighted by atomic mass is 9.92. The zero-order valence-electron chi connectivity index (χ0n) is 17.3. The molecule has 3 atom stereocenters. The van der Waals surface area contributed by atoms with Gasteiger partial charge < -0.3 is 15.0 Å². The molecule has 2 aromatic heterocycles. The Morgan fingerprint density at radius 2 is 1.90 bits per heavy atom. The van der Waals surface area contributed by atoms with E-state index in [1.54, 1.807) is 17.8 Å². The number of piperidine rings is 1. The van der Waals surface area contributed by atoms with Crippen molar-refractivity contribution in [2.45, 2.75) is 25.8 Å². The average molecular weight is 444 g/mol. The molecule has 3 heterocycles. The minimum absolute atomic E-state index is 0.278. The van der Waals surface area contributed by atoms with Gasteiger partial charge in [0, 0.05) is 38.3 Å². The summed E-state index contributed by atoms with van der Waals surface area (Å²) in [7, 11) is 1.76. The van der Waals surface area contributed by atoms with E-state index in [0.29, 0.717) is 34.7 Å². The molecule has 2 bridgehead atoms. The third-order valence-corrected chi connectivity index (χ3v) is 6.23. The van der Waals surface area contributed by atoms with Crippen LogP contribution in [0.2, 0.25) is 5.15 Å². The first-order chi connectivity index (χ1) is 14.9. The van der Waals surface area contributed by atoms with Crippen molar-refractivity contribution in [2.24, 2.45) is 18.9 Å². The van der Waals surface area contributed by atoms with E-state index in [0.717, 1.165) is 37.3 Å². The van der Waals surface area contributed by atoms with Crippen molar-refractivity contribution in [1.82, 2.24) is 24.7 Å². The Bertz CT molecular complexity index is 1070. The Morgan fingerprint density at radius 3 is 2.61 bits per heavy atom. The topological polar surface area (TPSA) is 81.0 Å². The first-order valence-corrected chi connectivity index (χ1v) is 10.7. The maximum Gasteiger partial charge on any atom is 0.321 e. The zero-order valence-corrected chi connectivity index (χ0v) is 18.1. The lowest BCUT2D eigenvalue weighted by Crippen LogP contribution is -2.48. The summed E-state index contributed by atoms with van der Waals surface area (Å²) in [6.07, 6.45) is 3.77. The second-order valence-electron chi connectivity index (χ2n) is 8.28. The molecule has 0 spiro atoms. The van der Waals surface area contributed by atoms with Crippen LogP contribution in [0.3, 0.4) is 0 Å². The average Bonchev–Trinajstić information content (AvgIpc) is 3.15. The molecular formula is C21H23ClFN7O. The second kappa shape index (κ2) is 7.96. The van der Waals surface area contributed by atoms with Crippen LogP contribution in [0.15, 0.2) is 30.6 Å². The van der Waals surface area contributed by atoms with Gasteiger partial charge in [-0.15, -0.1) is 5.10 Å². The molecule has 1 saturated carbocycles. The third kappa shape index (κ3) is 4.14. The van der Waals surface area contributed by atoms with Crippen molar-refractivity contribution in [3.63, 3.8) is 0 Å². The summed E-state index contributed by atoms with van der Waals surface area (Å²) >= 11 is 6.04. The summed E-state index contributed by atoms with van der Waals surface area (Å²) in [6.45, 7) is 3.59. The lowest BCUT2D eigenvalue weighted by molar-refractivity contribution is 0.374. The van der Waals surface area contributed by atoms with E-state index in [-0.39, 0.29) is 11.9 Å². The fourth-order valence-electron chi connectivity index (χ4n) is 4.68. The Morgan fingerprint density at radius 1 is 1.13 bits per heavy atom. The van der Waals surface area contributed by atoms with Crippen LogP contribution in [0.4, 0.5) is 16.2 Å². The van der Waals surface area contributed by atoms with Crippen molar-refractivity contribution >= 4 is 23.4 Å². The van der Waals surface area contributed by atoms with Gasteiger partial charge in [0.05, 0.1) is 0 Å².